The Balaban J connectivity index is 3.02. The minimum absolute atomic E-state index is 0.0297. The van der Waals surface area contributed by atoms with Crippen LogP contribution < -0.4 is 5.73 Å². The van der Waals surface area contributed by atoms with Crippen LogP contribution in [0.1, 0.15) is 44.7 Å². The number of nitrogens with two attached hydrogens (primary N) is 1. The summed E-state index contributed by atoms with van der Waals surface area (Å²) in [5.41, 5.74) is 7.69. The summed E-state index contributed by atoms with van der Waals surface area (Å²) in [5.74, 6) is 0. The van der Waals surface area contributed by atoms with E-state index in [0.717, 1.165) is 41.4 Å². The molecule has 1 nitrogen and oxygen atoms in total. The molecule has 0 aromatic heterocycles. The number of aryl methyl sites for hydroxylation is 1. The van der Waals surface area contributed by atoms with Crippen molar-refractivity contribution < 1.29 is 0 Å². The van der Waals surface area contributed by atoms with Crippen molar-refractivity contribution in [2.75, 3.05) is 6.54 Å². The molecule has 0 spiro atoms. The van der Waals surface area contributed by atoms with Gasteiger partial charge in [0.25, 0.3) is 0 Å². The summed E-state index contributed by atoms with van der Waals surface area (Å²) in [6, 6.07) is 3.97. The molecule has 17 heavy (non-hydrogen) atoms. The van der Waals surface area contributed by atoms with Crippen LogP contribution in [0.5, 0.6) is 0 Å². The summed E-state index contributed by atoms with van der Waals surface area (Å²) in [4.78, 5) is 0. The van der Waals surface area contributed by atoms with Crippen LogP contribution in [-0.2, 0) is 11.8 Å². The first kappa shape index (κ1) is 14.8. The maximum atomic E-state index is 6.46. The largest absolute Gasteiger partial charge is 0.330 e. The van der Waals surface area contributed by atoms with Gasteiger partial charge in [-0.05, 0) is 48.4 Å². The van der Waals surface area contributed by atoms with E-state index in [9.17, 15) is 0 Å². The third-order valence-corrected chi connectivity index (χ3v) is 3.57. The highest BCUT2D eigenvalue weighted by molar-refractivity contribution is 6.36. The van der Waals surface area contributed by atoms with Gasteiger partial charge in [0.05, 0.1) is 0 Å². The van der Waals surface area contributed by atoms with Gasteiger partial charge in [0.15, 0.2) is 0 Å². The summed E-state index contributed by atoms with van der Waals surface area (Å²) >= 11 is 12.7. The van der Waals surface area contributed by atoms with Crippen molar-refractivity contribution in [1.82, 2.24) is 0 Å². The van der Waals surface area contributed by atoms with Crippen LogP contribution in [0.4, 0.5) is 0 Å². The van der Waals surface area contributed by atoms with Crippen molar-refractivity contribution in [3.63, 3.8) is 0 Å². The predicted molar refractivity (Wildman–Crippen MR) is 77.2 cm³/mol. The monoisotopic (exact) mass is 273 g/mol. The lowest BCUT2D eigenvalue weighted by Crippen LogP contribution is -2.13. The van der Waals surface area contributed by atoms with Crippen molar-refractivity contribution in [1.29, 1.82) is 0 Å². The molecule has 0 aliphatic rings. The molecule has 0 bridgehead atoms. The first-order chi connectivity index (χ1) is 7.88. The van der Waals surface area contributed by atoms with Gasteiger partial charge in [-0.3, -0.25) is 0 Å². The second-order valence-corrected chi connectivity index (χ2v) is 6.18. The Morgan fingerprint density at radius 2 is 1.76 bits per heavy atom. The third kappa shape index (κ3) is 3.87. The Hall–Kier alpha value is -0.240. The van der Waals surface area contributed by atoms with E-state index < -0.39 is 0 Å². The normalized spacial score (nSPS) is 11.9. The zero-order valence-corrected chi connectivity index (χ0v) is 12.3. The molecular weight excluding hydrogens is 253 g/mol. The molecule has 3 heteroatoms. The predicted octanol–water partition coefficient (Wildman–Crippen LogP) is 4.57. The molecule has 0 fully saturated rings. The average Bonchev–Trinajstić information content (AvgIpc) is 2.19. The van der Waals surface area contributed by atoms with Crippen molar-refractivity contribution in [3.05, 3.63) is 33.3 Å². The van der Waals surface area contributed by atoms with Gasteiger partial charge in [-0.2, -0.15) is 0 Å². The van der Waals surface area contributed by atoms with Crippen LogP contribution in [0.25, 0.3) is 0 Å². The molecule has 1 rings (SSSR count). The topological polar surface area (TPSA) is 26.0 Å². The van der Waals surface area contributed by atoms with E-state index in [1.54, 1.807) is 0 Å². The molecule has 96 valence electrons. The fraction of sp³-hybridized carbons (Fsp3) is 0.571. The molecule has 0 heterocycles. The van der Waals surface area contributed by atoms with Crippen LogP contribution in [0, 0.1) is 0 Å². The minimum atomic E-state index is -0.0297. The number of benzene rings is 1. The summed E-state index contributed by atoms with van der Waals surface area (Å²) in [6.45, 7) is 7.12. The molecule has 0 radical (unpaired) electrons. The molecule has 0 aliphatic heterocycles. The molecule has 2 N–H and O–H groups in total. The number of rotatable bonds is 4. The highest BCUT2D eigenvalue weighted by Gasteiger charge is 2.22. The van der Waals surface area contributed by atoms with Crippen LogP contribution in [0.2, 0.25) is 10.0 Å². The van der Waals surface area contributed by atoms with Crippen LogP contribution >= 0.6 is 23.2 Å². The van der Waals surface area contributed by atoms with Crippen LogP contribution in [0.15, 0.2) is 12.1 Å². The average molecular weight is 274 g/mol. The Morgan fingerprint density at radius 3 is 2.29 bits per heavy atom. The Morgan fingerprint density at radius 1 is 1.12 bits per heavy atom. The summed E-state index contributed by atoms with van der Waals surface area (Å²) in [6.07, 6.45) is 3.07. The molecule has 0 aliphatic carbocycles. The van der Waals surface area contributed by atoms with E-state index in [4.69, 9.17) is 28.9 Å². The third-order valence-electron chi connectivity index (χ3n) is 2.82. The van der Waals surface area contributed by atoms with E-state index in [1.165, 1.54) is 5.56 Å². The van der Waals surface area contributed by atoms with Gasteiger partial charge in [0, 0.05) is 10.0 Å². The quantitative estimate of drug-likeness (QED) is 0.799. The summed E-state index contributed by atoms with van der Waals surface area (Å²) in [7, 11) is 0. The standard InChI is InChI=1S/C14H21Cl2N/c1-14(2,3)12-11(15)8-7-10(13(12)16)6-4-5-9-17/h7-8H,4-6,9,17H2,1-3H3. The molecule has 0 unspecified atom stereocenters. The second-order valence-electron chi connectivity index (χ2n) is 5.39. The molecule has 0 saturated carbocycles. The molecular formula is C14H21Cl2N. The van der Waals surface area contributed by atoms with Gasteiger partial charge in [-0.1, -0.05) is 50.0 Å². The lowest BCUT2D eigenvalue weighted by atomic mass is 9.85. The molecule has 0 saturated heterocycles. The van der Waals surface area contributed by atoms with Crippen molar-refractivity contribution in [3.8, 4) is 0 Å². The summed E-state index contributed by atoms with van der Waals surface area (Å²) < 4.78 is 0. The van der Waals surface area contributed by atoms with E-state index in [0.29, 0.717) is 0 Å². The zero-order valence-electron chi connectivity index (χ0n) is 10.8. The van der Waals surface area contributed by atoms with Gasteiger partial charge >= 0.3 is 0 Å². The Labute approximate surface area is 114 Å². The van der Waals surface area contributed by atoms with E-state index in [1.807, 2.05) is 12.1 Å². The van der Waals surface area contributed by atoms with Crippen LogP contribution in [0.3, 0.4) is 0 Å². The van der Waals surface area contributed by atoms with Gasteiger partial charge in [0.2, 0.25) is 0 Å². The molecule has 1 aromatic rings. The van der Waals surface area contributed by atoms with Gasteiger partial charge < -0.3 is 5.73 Å². The SMILES string of the molecule is CC(C)(C)c1c(Cl)ccc(CCCCN)c1Cl. The number of halogens is 2. The maximum absolute atomic E-state index is 6.46. The fourth-order valence-electron chi connectivity index (χ4n) is 1.94. The van der Waals surface area contributed by atoms with Crippen molar-refractivity contribution in [2.24, 2.45) is 5.73 Å². The van der Waals surface area contributed by atoms with Crippen LogP contribution in [-0.4, -0.2) is 6.54 Å². The van der Waals surface area contributed by atoms with E-state index in [2.05, 4.69) is 20.8 Å². The molecule has 0 atom stereocenters. The van der Waals surface area contributed by atoms with E-state index >= 15 is 0 Å². The van der Waals surface area contributed by atoms with Gasteiger partial charge in [-0.25, -0.2) is 0 Å². The first-order valence-corrected chi connectivity index (χ1v) is 6.81. The van der Waals surface area contributed by atoms with Gasteiger partial charge in [0.1, 0.15) is 0 Å². The number of hydrogen-bond donors (Lipinski definition) is 1. The fourth-order valence-corrected chi connectivity index (χ4v) is 2.97. The molecule has 1 aromatic carbocycles. The van der Waals surface area contributed by atoms with E-state index in [-0.39, 0.29) is 5.41 Å². The maximum Gasteiger partial charge on any atom is 0.0490 e. The minimum Gasteiger partial charge on any atom is -0.330 e. The zero-order chi connectivity index (χ0) is 13.1. The lowest BCUT2D eigenvalue weighted by molar-refractivity contribution is 0.589. The first-order valence-electron chi connectivity index (χ1n) is 6.05. The number of hydrogen-bond acceptors (Lipinski definition) is 1. The second kappa shape index (κ2) is 6.08. The smallest absolute Gasteiger partial charge is 0.0490 e. The lowest BCUT2D eigenvalue weighted by Gasteiger charge is -2.23. The molecule has 0 amide bonds. The summed E-state index contributed by atoms with van der Waals surface area (Å²) in [5, 5.41) is 1.58. The Kier molecular flexibility index (Phi) is 5.30. The Bertz CT molecular complexity index is 381. The van der Waals surface area contributed by atoms with Crippen molar-refractivity contribution in [2.45, 2.75) is 45.4 Å². The highest BCUT2D eigenvalue weighted by Crippen LogP contribution is 2.37. The number of unbranched alkanes of at least 4 members (excludes halogenated alkanes) is 1. The highest BCUT2D eigenvalue weighted by atomic mass is 35.5. The van der Waals surface area contributed by atoms with Gasteiger partial charge in [-0.15, -0.1) is 0 Å². The van der Waals surface area contributed by atoms with Crippen molar-refractivity contribution >= 4 is 23.2 Å².